The van der Waals surface area contributed by atoms with Crippen molar-refractivity contribution in [2.75, 3.05) is 10.6 Å². The van der Waals surface area contributed by atoms with Gasteiger partial charge in [0.15, 0.2) is 0 Å². The Labute approximate surface area is 191 Å². The lowest BCUT2D eigenvalue weighted by Crippen LogP contribution is -2.22. The number of aromatic nitrogens is 3. The lowest BCUT2D eigenvalue weighted by Gasteiger charge is -2.09. The molecule has 2 amide bonds. The maximum Gasteiger partial charge on any atom is 0.251 e. The van der Waals surface area contributed by atoms with Crippen molar-refractivity contribution in [2.24, 2.45) is 0 Å². The van der Waals surface area contributed by atoms with Gasteiger partial charge in [0, 0.05) is 54.6 Å². The highest BCUT2D eigenvalue weighted by atomic mass is 16.2. The molecule has 0 atom stereocenters. The van der Waals surface area contributed by atoms with E-state index in [9.17, 15) is 9.59 Å². The fraction of sp³-hybridized carbons (Fsp3) is 0.0800. The second-order valence-electron chi connectivity index (χ2n) is 7.27. The molecular weight excluding hydrogens is 416 g/mol. The molecule has 2 heterocycles. The first-order chi connectivity index (χ1) is 16.1. The van der Waals surface area contributed by atoms with E-state index in [1.165, 1.54) is 6.92 Å². The number of pyridine rings is 1. The molecule has 0 fully saturated rings. The normalized spacial score (nSPS) is 10.3. The summed E-state index contributed by atoms with van der Waals surface area (Å²) in [6, 6.07) is 20.1. The van der Waals surface area contributed by atoms with Gasteiger partial charge in [0.25, 0.3) is 5.91 Å². The second-order valence-corrected chi connectivity index (χ2v) is 7.27. The Balaban J connectivity index is 1.44. The van der Waals surface area contributed by atoms with Crippen LogP contribution in [0.3, 0.4) is 0 Å². The van der Waals surface area contributed by atoms with Gasteiger partial charge in [0.2, 0.25) is 11.9 Å². The van der Waals surface area contributed by atoms with Crippen molar-refractivity contribution in [2.45, 2.75) is 13.5 Å². The maximum absolute atomic E-state index is 12.5. The van der Waals surface area contributed by atoms with Crippen LogP contribution in [-0.2, 0) is 11.3 Å². The van der Waals surface area contributed by atoms with E-state index >= 15 is 0 Å². The highest BCUT2D eigenvalue weighted by Crippen LogP contribution is 2.22. The molecule has 0 aliphatic carbocycles. The van der Waals surface area contributed by atoms with Gasteiger partial charge >= 0.3 is 0 Å². The van der Waals surface area contributed by atoms with E-state index in [1.807, 2.05) is 48.5 Å². The minimum atomic E-state index is -0.176. The molecule has 4 aromatic rings. The van der Waals surface area contributed by atoms with Crippen LogP contribution < -0.4 is 16.0 Å². The number of anilines is 3. The summed E-state index contributed by atoms with van der Waals surface area (Å²) < 4.78 is 0. The molecular formula is C25H22N6O2. The smallest absolute Gasteiger partial charge is 0.251 e. The molecule has 3 N–H and O–H groups in total. The number of nitrogens with one attached hydrogen (secondary N) is 3. The predicted molar refractivity (Wildman–Crippen MR) is 127 cm³/mol. The van der Waals surface area contributed by atoms with Gasteiger partial charge in [-0.05, 0) is 54.1 Å². The first-order valence-corrected chi connectivity index (χ1v) is 10.3. The van der Waals surface area contributed by atoms with Gasteiger partial charge in [0.1, 0.15) is 0 Å². The van der Waals surface area contributed by atoms with Crippen molar-refractivity contribution in [3.63, 3.8) is 0 Å². The molecule has 0 radical (unpaired) electrons. The summed E-state index contributed by atoms with van der Waals surface area (Å²) in [7, 11) is 0. The molecule has 8 nitrogen and oxygen atoms in total. The third-order valence-corrected chi connectivity index (χ3v) is 4.74. The van der Waals surface area contributed by atoms with Gasteiger partial charge < -0.3 is 16.0 Å². The number of rotatable bonds is 7. The summed E-state index contributed by atoms with van der Waals surface area (Å²) in [4.78, 5) is 36.5. The number of benzene rings is 2. The summed E-state index contributed by atoms with van der Waals surface area (Å²) in [5, 5.41) is 8.79. The number of hydrogen-bond donors (Lipinski definition) is 3. The molecule has 0 saturated carbocycles. The van der Waals surface area contributed by atoms with E-state index in [-0.39, 0.29) is 11.8 Å². The molecule has 2 aromatic heterocycles. The van der Waals surface area contributed by atoms with Crippen molar-refractivity contribution in [1.82, 2.24) is 20.3 Å². The van der Waals surface area contributed by atoms with Crippen LogP contribution >= 0.6 is 0 Å². The SMILES string of the molecule is CC(=O)Nc1ccc(-c2ccnc(Nc3cccc(C(=O)NCc4ccncc4)c3)n2)cc1. The summed E-state index contributed by atoms with van der Waals surface area (Å²) in [6.45, 7) is 1.89. The lowest BCUT2D eigenvalue weighted by atomic mass is 10.1. The first kappa shape index (κ1) is 21.6. The average molecular weight is 438 g/mol. The third-order valence-electron chi connectivity index (χ3n) is 4.74. The van der Waals surface area contributed by atoms with Gasteiger partial charge in [-0.25, -0.2) is 9.97 Å². The molecule has 164 valence electrons. The topological polar surface area (TPSA) is 109 Å². The van der Waals surface area contributed by atoms with Crippen LogP contribution in [0.25, 0.3) is 11.3 Å². The third kappa shape index (κ3) is 5.98. The zero-order valence-corrected chi connectivity index (χ0v) is 17.9. The van der Waals surface area contributed by atoms with Crippen LogP contribution in [0.2, 0.25) is 0 Å². The monoisotopic (exact) mass is 438 g/mol. The molecule has 4 rings (SSSR count). The summed E-state index contributed by atoms with van der Waals surface area (Å²) in [5.41, 5.74) is 4.54. The Morgan fingerprint density at radius 1 is 0.879 bits per heavy atom. The van der Waals surface area contributed by atoms with Crippen molar-refractivity contribution >= 4 is 29.1 Å². The highest BCUT2D eigenvalue weighted by molar-refractivity contribution is 5.95. The number of amides is 2. The molecule has 0 spiro atoms. The average Bonchev–Trinajstić information content (AvgIpc) is 2.84. The highest BCUT2D eigenvalue weighted by Gasteiger charge is 2.08. The molecule has 0 bridgehead atoms. The van der Waals surface area contributed by atoms with Crippen LogP contribution in [0.4, 0.5) is 17.3 Å². The Morgan fingerprint density at radius 2 is 1.67 bits per heavy atom. The van der Waals surface area contributed by atoms with Crippen LogP contribution in [0, 0.1) is 0 Å². The van der Waals surface area contributed by atoms with Crippen LogP contribution in [0.15, 0.2) is 85.3 Å². The zero-order chi connectivity index (χ0) is 23.0. The van der Waals surface area contributed by atoms with Crippen LogP contribution in [-0.4, -0.2) is 26.8 Å². The molecule has 33 heavy (non-hydrogen) atoms. The Kier molecular flexibility index (Phi) is 6.65. The standard InChI is InChI=1S/C25H22N6O2/c1-17(32)29-21-7-5-19(6-8-21)23-11-14-27-25(31-23)30-22-4-2-3-20(15-22)24(33)28-16-18-9-12-26-13-10-18/h2-15H,16H2,1H3,(H,28,33)(H,29,32)(H,27,30,31). The minimum Gasteiger partial charge on any atom is -0.348 e. The van der Waals surface area contributed by atoms with E-state index in [1.54, 1.807) is 36.8 Å². The molecule has 8 heteroatoms. The van der Waals surface area contributed by atoms with E-state index in [2.05, 4.69) is 30.9 Å². The van der Waals surface area contributed by atoms with Crippen LogP contribution in [0.1, 0.15) is 22.8 Å². The molecule has 2 aromatic carbocycles. The van der Waals surface area contributed by atoms with Gasteiger partial charge in [-0.15, -0.1) is 0 Å². The fourth-order valence-electron chi connectivity index (χ4n) is 3.16. The van der Waals surface area contributed by atoms with Crippen molar-refractivity contribution < 1.29 is 9.59 Å². The van der Waals surface area contributed by atoms with Crippen LogP contribution in [0.5, 0.6) is 0 Å². The van der Waals surface area contributed by atoms with E-state index in [0.717, 1.165) is 22.5 Å². The summed E-state index contributed by atoms with van der Waals surface area (Å²) in [6.07, 6.45) is 5.05. The first-order valence-electron chi connectivity index (χ1n) is 10.3. The Bertz CT molecular complexity index is 1260. The Hall–Kier alpha value is -4.59. The van der Waals surface area contributed by atoms with Gasteiger partial charge in [-0.2, -0.15) is 0 Å². The number of carbonyl (C=O) groups is 2. The fourth-order valence-corrected chi connectivity index (χ4v) is 3.16. The second kappa shape index (κ2) is 10.1. The summed E-state index contributed by atoms with van der Waals surface area (Å²) >= 11 is 0. The molecule has 0 aliphatic heterocycles. The number of carbonyl (C=O) groups excluding carboxylic acids is 2. The minimum absolute atomic E-state index is 0.121. The van der Waals surface area contributed by atoms with Crippen molar-refractivity contribution in [3.05, 3.63) is 96.4 Å². The van der Waals surface area contributed by atoms with Gasteiger partial charge in [-0.1, -0.05) is 18.2 Å². The number of hydrogen-bond acceptors (Lipinski definition) is 6. The quantitative estimate of drug-likeness (QED) is 0.400. The number of nitrogens with zero attached hydrogens (tertiary/aromatic N) is 3. The zero-order valence-electron chi connectivity index (χ0n) is 17.9. The summed E-state index contributed by atoms with van der Waals surface area (Å²) in [5.74, 6) is 0.113. The molecule has 0 unspecified atom stereocenters. The van der Waals surface area contributed by atoms with Gasteiger partial charge in [-0.3, -0.25) is 14.6 Å². The lowest BCUT2D eigenvalue weighted by molar-refractivity contribution is -0.114. The Morgan fingerprint density at radius 3 is 2.42 bits per heavy atom. The molecule has 0 aliphatic rings. The van der Waals surface area contributed by atoms with Crippen molar-refractivity contribution in [1.29, 1.82) is 0 Å². The molecule has 0 saturated heterocycles. The van der Waals surface area contributed by atoms with E-state index < -0.39 is 0 Å². The van der Waals surface area contributed by atoms with Crippen molar-refractivity contribution in [3.8, 4) is 11.3 Å². The predicted octanol–water partition coefficient (Wildman–Crippen LogP) is 4.17. The largest absolute Gasteiger partial charge is 0.348 e. The van der Waals surface area contributed by atoms with E-state index in [0.29, 0.717) is 23.7 Å². The maximum atomic E-state index is 12.5. The van der Waals surface area contributed by atoms with Gasteiger partial charge in [0.05, 0.1) is 5.69 Å². The van der Waals surface area contributed by atoms with E-state index in [4.69, 9.17) is 0 Å².